The predicted molar refractivity (Wildman–Crippen MR) is 207 cm³/mol. The number of hydrogen-bond donors (Lipinski definition) is 0. The van der Waals surface area contributed by atoms with Crippen LogP contribution in [0.15, 0.2) is 176 Å². The fourth-order valence-corrected chi connectivity index (χ4v) is 8.20. The zero-order chi connectivity index (χ0) is 32.8. The number of fused-ring (bicyclic) bond motifs is 10. The molecule has 0 aliphatic heterocycles. The first kappa shape index (κ1) is 27.1. The summed E-state index contributed by atoms with van der Waals surface area (Å²) in [6, 6.07) is 62.6. The molecule has 11 rings (SSSR count). The Hall–Kier alpha value is -6.85. The Morgan fingerprint density at radius 1 is 0.300 bits per heavy atom. The van der Waals surface area contributed by atoms with E-state index in [0.717, 1.165) is 45.2 Å². The summed E-state index contributed by atoms with van der Waals surface area (Å²) in [7, 11) is 0. The van der Waals surface area contributed by atoms with Gasteiger partial charge in [0.15, 0.2) is 0 Å². The summed E-state index contributed by atoms with van der Waals surface area (Å²) in [6.45, 7) is 0. The summed E-state index contributed by atoms with van der Waals surface area (Å²) in [6.07, 6.45) is 0. The minimum absolute atomic E-state index is 0.867. The molecule has 6 aromatic carbocycles. The maximum absolute atomic E-state index is 5.56. The molecule has 5 aromatic heterocycles. The van der Waals surface area contributed by atoms with E-state index >= 15 is 0 Å². The molecule has 0 atom stereocenters. The molecule has 0 spiro atoms. The van der Waals surface area contributed by atoms with Crippen LogP contribution in [0, 0.1) is 0 Å². The number of pyridine rings is 1. The number of benzene rings is 6. The third-order valence-electron chi connectivity index (χ3n) is 10.2. The van der Waals surface area contributed by atoms with Gasteiger partial charge in [-0.3, -0.25) is 13.7 Å². The Balaban J connectivity index is 1.26. The second-order valence-electron chi connectivity index (χ2n) is 12.8. The summed E-state index contributed by atoms with van der Waals surface area (Å²) < 4.78 is 9.48. The molecular weight excluding hydrogens is 611 g/mol. The average Bonchev–Trinajstić information content (AvgIpc) is 3.90. The van der Waals surface area contributed by atoms with Crippen LogP contribution in [0.2, 0.25) is 0 Å². The average molecular weight is 640 g/mol. The molecule has 234 valence electrons. The zero-order valence-electron chi connectivity index (χ0n) is 27.0. The van der Waals surface area contributed by atoms with Gasteiger partial charge in [-0.15, -0.1) is 0 Å². The number of nitrogens with zero attached hydrogens (tertiary/aromatic N) is 5. The van der Waals surface area contributed by atoms with Crippen LogP contribution in [0.4, 0.5) is 0 Å². The number of para-hydroxylation sites is 6. The van der Waals surface area contributed by atoms with E-state index < -0.39 is 0 Å². The van der Waals surface area contributed by atoms with Crippen LogP contribution < -0.4 is 0 Å². The Bertz CT molecular complexity index is 3080. The van der Waals surface area contributed by atoms with E-state index in [1.807, 2.05) is 0 Å². The monoisotopic (exact) mass is 639 g/mol. The Morgan fingerprint density at radius 2 is 0.700 bits per heavy atom. The van der Waals surface area contributed by atoms with Gasteiger partial charge < -0.3 is 4.57 Å². The van der Waals surface area contributed by atoms with Gasteiger partial charge in [0.25, 0.3) is 0 Å². The van der Waals surface area contributed by atoms with Gasteiger partial charge in [-0.2, -0.15) is 0 Å². The lowest BCUT2D eigenvalue weighted by Gasteiger charge is -2.14. The zero-order valence-corrected chi connectivity index (χ0v) is 27.0. The molecule has 5 heteroatoms. The van der Waals surface area contributed by atoms with Crippen molar-refractivity contribution in [3.8, 4) is 23.0 Å². The molecule has 50 heavy (non-hydrogen) atoms. The summed E-state index contributed by atoms with van der Waals surface area (Å²) in [5.41, 5.74) is 10.3. The largest absolute Gasteiger partial charge is 0.307 e. The predicted octanol–water partition coefficient (Wildman–Crippen LogP) is 11.2. The summed E-state index contributed by atoms with van der Waals surface area (Å²) in [5.74, 6) is 1.74. The normalized spacial score (nSPS) is 12.0. The van der Waals surface area contributed by atoms with Crippen molar-refractivity contribution in [2.75, 3.05) is 0 Å². The third kappa shape index (κ3) is 3.63. The van der Waals surface area contributed by atoms with Crippen molar-refractivity contribution in [3.05, 3.63) is 176 Å². The molecule has 0 N–H and O–H groups in total. The Kier molecular flexibility index (Phi) is 5.60. The van der Waals surface area contributed by atoms with E-state index in [1.165, 1.54) is 43.5 Å². The van der Waals surface area contributed by atoms with Gasteiger partial charge in [0.05, 0.1) is 33.1 Å². The van der Waals surface area contributed by atoms with E-state index in [4.69, 9.17) is 4.98 Å². The second-order valence-corrected chi connectivity index (χ2v) is 12.8. The minimum Gasteiger partial charge on any atom is -0.307 e. The van der Waals surface area contributed by atoms with Crippen molar-refractivity contribution < 1.29 is 0 Å². The van der Waals surface area contributed by atoms with Crippen molar-refractivity contribution >= 4 is 65.7 Å². The van der Waals surface area contributed by atoms with Crippen LogP contribution in [0.5, 0.6) is 0 Å². The van der Waals surface area contributed by atoms with Crippen LogP contribution in [-0.2, 0) is 0 Å². The highest BCUT2D eigenvalue weighted by Gasteiger charge is 2.25. The fourth-order valence-electron chi connectivity index (χ4n) is 8.20. The van der Waals surface area contributed by atoms with Gasteiger partial charge >= 0.3 is 0 Å². The van der Waals surface area contributed by atoms with Gasteiger partial charge in [-0.1, -0.05) is 115 Å². The minimum atomic E-state index is 0.867. The lowest BCUT2D eigenvalue weighted by Crippen LogP contribution is -2.05. The summed E-state index contributed by atoms with van der Waals surface area (Å²) in [4.78, 5) is 5.56. The molecular formula is C45H29N5. The third-order valence-corrected chi connectivity index (χ3v) is 10.2. The maximum atomic E-state index is 5.56. The van der Waals surface area contributed by atoms with Crippen molar-refractivity contribution in [1.29, 1.82) is 0 Å². The van der Waals surface area contributed by atoms with Gasteiger partial charge in [-0.25, -0.2) is 4.98 Å². The molecule has 0 aliphatic rings. The van der Waals surface area contributed by atoms with E-state index in [0.29, 0.717) is 0 Å². The number of hydrogen-bond acceptors (Lipinski definition) is 1. The van der Waals surface area contributed by atoms with Gasteiger partial charge in [-0.05, 0) is 60.7 Å². The second kappa shape index (κ2) is 10.3. The van der Waals surface area contributed by atoms with Crippen LogP contribution in [0.3, 0.4) is 0 Å². The highest BCUT2D eigenvalue weighted by molar-refractivity contribution is 6.22. The first-order valence-electron chi connectivity index (χ1n) is 17.0. The molecule has 0 radical (unpaired) electrons. The smallest absolute Gasteiger partial charge is 0.141 e. The molecule has 5 nitrogen and oxygen atoms in total. The van der Waals surface area contributed by atoms with E-state index in [1.54, 1.807) is 0 Å². The SMILES string of the molecule is c1ccc(-n2c3ccccc3c3c2c2ccccc2n3-c2cccc(-n3c4ccccc4c4c5ccccc5n(-c5ccccc5)c43)n2)cc1. The van der Waals surface area contributed by atoms with Crippen molar-refractivity contribution in [3.63, 3.8) is 0 Å². The van der Waals surface area contributed by atoms with Gasteiger partial charge in [0.2, 0.25) is 0 Å². The first-order valence-corrected chi connectivity index (χ1v) is 17.0. The highest BCUT2D eigenvalue weighted by atomic mass is 15.2. The van der Waals surface area contributed by atoms with Gasteiger partial charge in [0.1, 0.15) is 17.3 Å². The van der Waals surface area contributed by atoms with Crippen LogP contribution in [-0.4, -0.2) is 23.3 Å². The van der Waals surface area contributed by atoms with Crippen LogP contribution in [0.25, 0.3) is 88.7 Å². The van der Waals surface area contributed by atoms with Crippen molar-refractivity contribution in [2.45, 2.75) is 0 Å². The molecule has 0 amide bonds. The van der Waals surface area contributed by atoms with Crippen LogP contribution in [0.1, 0.15) is 0 Å². The standard InChI is InChI=1S/C45H29N5/c1-3-16-30(17-4-1)47-38-26-13-9-22-34(38)44-43(47)35-23-10-14-27-39(35)49(44)40-28-15-29-41(46-40)50-37-25-12-8-21-33(37)42-32-20-7-11-24-36(32)48(45(42)50)31-18-5-2-6-19-31/h1-29H. The van der Waals surface area contributed by atoms with Crippen molar-refractivity contribution in [2.24, 2.45) is 0 Å². The molecule has 0 aliphatic carbocycles. The molecule has 0 fully saturated rings. The van der Waals surface area contributed by atoms with Crippen molar-refractivity contribution in [1.82, 2.24) is 23.3 Å². The summed E-state index contributed by atoms with van der Waals surface area (Å²) >= 11 is 0. The lowest BCUT2D eigenvalue weighted by molar-refractivity contribution is 0.988. The molecule has 5 heterocycles. The van der Waals surface area contributed by atoms with E-state index in [-0.39, 0.29) is 0 Å². The molecule has 11 aromatic rings. The maximum Gasteiger partial charge on any atom is 0.141 e. The Labute approximate surface area is 287 Å². The Morgan fingerprint density at radius 3 is 1.28 bits per heavy atom. The highest BCUT2D eigenvalue weighted by Crippen LogP contribution is 2.42. The first-order chi connectivity index (χ1) is 24.9. The molecule has 0 saturated carbocycles. The quantitative estimate of drug-likeness (QED) is 0.189. The van der Waals surface area contributed by atoms with E-state index in [2.05, 4.69) is 194 Å². The molecule has 0 saturated heterocycles. The lowest BCUT2D eigenvalue weighted by atomic mass is 10.1. The van der Waals surface area contributed by atoms with Crippen LogP contribution >= 0.6 is 0 Å². The summed E-state index contributed by atoms with van der Waals surface area (Å²) in [5, 5.41) is 6.04. The number of rotatable bonds is 4. The molecule has 0 bridgehead atoms. The fraction of sp³-hybridized carbons (Fsp3) is 0. The topological polar surface area (TPSA) is 32.6 Å². The number of aromatic nitrogens is 5. The van der Waals surface area contributed by atoms with Gasteiger partial charge in [0, 0.05) is 38.3 Å². The molecule has 0 unspecified atom stereocenters. The van der Waals surface area contributed by atoms with E-state index in [9.17, 15) is 0 Å².